The van der Waals surface area contributed by atoms with Gasteiger partial charge in [-0.25, -0.2) is 8.78 Å². The van der Waals surface area contributed by atoms with Crippen molar-refractivity contribution in [2.75, 3.05) is 0 Å². The van der Waals surface area contributed by atoms with E-state index in [1.54, 1.807) is 18.2 Å². The van der Waals surface area contributed by atoms with Crippen LogP contribution >= 0.6 is 0 Å². The minimum atomic E-state index is -0.927. The molecular formula is C22H21F2NO3. The molecule has 4 nitrogen and oxygen atoms in total. The molecule has 0 radical (unpaired) electrons. The van der Waals surface area contributed by atoms with Crippen LogP contribution in [-0.4, -0.2) is 20.7 Å². The monoisotopic (exact) mass is 385 g/mol. The fraction of sp³-hybridized carbons (Fsp3) is 0.318. The highest BCUT2D eigenvalue weighted by Gasteiger charge is 2.39. The molecule has 1 saturated carbocycles. The van der Waals surface area contributed by atoms with E-state index in [2.05, 4.69) is 0 Å². The normalized spacial score (nSPS) is 19.2. The van der Waals surface area contributed by atoms with E-state index in [9.17, 15) is 23.8 Å². The Morgan fingerprint density at radius 2 is 1.82 bits per heavy atom. The third-order valence-corrected chi connectivity index (χ3v) is 5.63. The largest absolute Gasteiger partial charge is 0.508 e. The van der Waals surface area contributed by atoms with Crippen molar-refractivity contribution in [2.24, 2.45) is 5.92 Å². The number of aromatic nitrogens is 1. The van der Waals surface area contributed by atoms with Crippen LogP contribution in [0.5, 0.6) is 5.75 Å². The molecule has 6 heteroatoms. The number of hydrogen-bond acceptors (Lipinski definition) is 2. The Morgan fingerprint density at radius 3 is 2.43 bits per heavy atom. The quantitative estimate of drug-likeness (QED) is 0.639. The summed E-state index contributed by atoms with van der Waals surface area (Å²) in [5.74, 6) is -2.79. The van der Waals surface area contributed by atoms with Gasteiger partial charge in [0.1, 0.15) is 5.75 Å². The van der Waals surface area contributed by atoms with Gasteiger partial charge in [0.2, 0.25) is 0 Å². The summed E-state index contributed by atoms with van der Waals surface area (Å²) in [6.07, 6.45) is 1.06. The van der Waals surface area contributed by atoms with E-state index in [0.717, 1.165) is 34.3 Å². The van der Waals surface area contributed by atoms with Crippen molar-refractivity contribution in [1.29, 1.82) is 0 Å². The lowest BCUT2D eigenvalue weighted by molar-refractivity contribution is -0.145. The molecule has 2 aromatic carbocycles. The second-order valence-electron chi connectivity index (χ2n) is 7.79. The van der Waals surface area contributed by atoms with Gasteiger partial charge in [0.05, 0.1) is 11.4 Å². The van der Waals surface area contributed by atoms with Crippen LogP contribution in [0.15, 0.2) is 36.4 Å². The molecule has 4 rings (SSSR count). The molecule has 0 amide bonds. The molecule has 0 spiro atoms. The van der Waals surface area contributed by atoms with Gasteiger partial charge in [-0.1, -0.05) is 13.8 Å². The Morgan fingerprint density at radius 1 is 1.11 bits per heavy atom. The zero-order chi connectivity index (χ0) is 20.2. The summed E-state index contributed by atoms with van der Waals surface area (Å²) in [4.78, 5) is 11.3. The van der Waals surface area contributed by atoms with E-state index in [1.165, 1.54) is 6.07 Å². The summed E-state index contributed by atoms with van der Waals surface area (Å²) in [7, 11) is 0. The molecule has 1 aromatic heterocycles. The van der Waals surface area contributed by atoms with Crippen LogP contribution in [0.1, 0.15) is 49.8 Å². The number of rotatable bonds is 4. The lowest BCUT2D eigenvalue weighted by Crippen LogP contribution is -2.29. The van der Waals surface area contributed by atoms with Crippen LogP contribution in [0, 0.1) is 17.6 Å². The third kappa shape index (κ3) is 2.84. The van der Waals surface area contributed by atoms with Crippen molar-refractivity contribution in [2.45, 2.75) is 38.5 Å². The Kier molecular flexibility index (Phi) is 4.37. The first-order valence-electron chi connectivity index (χ1n) is 9.33. The number of phenolic OH excluding ortho intramolecular Hbond substituents is 1. The molecule has 1 aliphatic rings. The zero-order valence-electron chi connectivity index (χ0n) is 15.6. The van der Waals surface area contributed by atoms with E-state index in [0.29, 0.717) is 18.5 Å². The predicted octanol–water partition coefficient (Wildman–Crippen LogP) is 5.32. The van der Waals surface area contributed by atoms with Gasteiger partial charge in [0.25, 0.3) is 0 Å². The molecule has 1 fully saturated rings. The number of carboxylic acids is 1. The van der Waals surface area contributed by atoms with Gasteiger partial charge in [0.15, 0.2) is 11.6 Å². The smallest absolute Gasteiger partial charge is 0.306 e. The van der Waals surface area contributed by atoms with Crippen LogP contribution in [0.3, 0.4) is 0 Å². The number of nitrogens with zero attached hydrogens (tertiary/aromatic N) is 1. The number of aromatic hydroxyl groups is 1. The second-order valence-corrected chi connectivity index (χ2v) is 7.79. The maximum absolute atomic E-state index is 14.0. The molecule has 1 aliphatic carbocycles. The number of carboxylic acid groups (broad SMARTS) is 1. The van der Waals surface area contributed by atoms with Gasteiger partial charge >= 0.3 is 5.97 Å². The average Bonchev–Trinajstić information content (AvgIpc) is 2.90. The van der Waals surface area contributed by atoms with E-state index in [-0.39, 0.29) is 23.5 Å². The Balaban J connectivity index is 1.98. The highest BCUT2D eigenvalue weighted by molar-refractivity contribution is 5.90. The summed E-state index contributed by atoms with van der Waals surface area (Å²) in [5.41, 5.74) is 3.20. The van der Waals surface area contributed by atoms with Gasteiger partial charge < -0.3 is 14.8 Å². The topological polar surface area (TPSA) is 62.5 Å². The van der Waals surface area contributed by atoms with Crippen LogP contribution in [0.25, 0.3) is 16.6 Å². The Labute approximate surface area is 161 Å². The van der Waals surface area contributed by atoms with E-state index in [1.807, 2.05) is 18.4 Å². The van der Waals surface area contributed by atoms with Crippen LogP contribution in [0.2, 0.25) is 0 Å². The summed E-state index contributed by atoms with van der Waals surface area (Å²) in [5, 5.41) is 20.1. The number of aliphatic carboxylic acids is 1. The highest BCUT2D eigenvalue weighted by Crippen LogP contribution is 2.49. The standard InChI is InChI=1S/C22H21F2NO3/c1-11(2)21-20(12-7-13(8-12)22(27)28)16-10-15(26)4-6-19(16)25(21)14-3-5-17(23)18(24)9-14/h3-6,9-13,26H,7-8H2,1-2H3,(H,27,28)/t12-,13+. The maximum Gasteiger partial charge on any atom is 0.306 e. The fourth-order valence-electron chi connectivity index (χ4n) is 4.28. The second kappa shape index (κ2) is 6.62. The zero-order valence-corrected chi connectivity index (χ0v) is 15.6. The van der Waals surface area contributed by atoms with Crippen molar-refractivity contribution in [3.8, 4) is 11.4 Å². The molecule has 0 saturated heterocycles. The number of carbonyl (C=O) groups is 1. The molecule has 2 N–H and O–H groups in total. The number of hydrogen-bond donors (Lipinski definition) is 2. The molecule has 3 aromatic rings. The van der Waals surface area contributed by atoms with Crippen molar-refractivity contribution in [3.63, 3.8) is 0 Å². The molecule has 146 valence electrons. The molecule has 28 heavy (non-hydrogen) atoms. The van der Waals surface area contributed by atoms with Crippen LogP contribution < -0.4 is 0 Å². The van der Waals surface area contributed by atoms with Crippen molar-refractivity contribution >= 4 is 16.9 Å². The number of phenols is 1. The van der Waals surface area contributed by atoms with Crippen molar-refractivity contribution in [3.05, 3.63) is 59.3 Å². The number of halogens is 2. The van der Waals surface area contributed by atoms with Crippen LogP contribution in [-0.2, 0) is 4.79 Å². The number of fused-ring (bicyclic) bond motifs is 1. The molecule has 0 aliphatic heterocycles. The minimum Gasteiger partial charge on any atom is -0.508 e. The Hall–Kier alpha value is -2.89. The fourth-order valence-corrected chi connectivity index (χ4v) is 4.28. The van der Waals surface area contributed by atoms with Gasteiger partial charge in [-0.2, -0.15) is 0 Å². The summed E-state index contributed by atoms with van der Waals surface area (Å²) >= 11 is 0. The third-order valence-electron chi connectivity index (χ3n) is 5.63. The Bertz CT molecular complexity index is 1080. The van der Waals surface area contributed by atoms with Gasteiger partial charge in [-0.05, 0) is 60.6 Å². The molecule has 1 heterocycles. The minimum absolute atomic E-state index is 0.0503. The van der Waals surface area contributed by atoms with E-state index >= 15 is 0 Å². The molecule has 0 atom stereocenters. The maximum atomic E-state index is 14.0. The first kappa shape index (κ1) is 18.5. The first-order chi connectivity index (χ1) is 13.3. The SMILES string of the molecule is CC(C)c1c([C@H]2C[C@@H](C(=O)O)C2)c2cc(O)ccc2n1-c1ccc(F)c(F)c1. The van der Waals surface area contributed by atoms with Gasteiger partial charge in [-0.15, -0.1) is 0 Å². The lowest BCUT2D eigenvalue weighted by Gasteiger charge is -2.34. The van der Waals surface area contributed by atoms with Gasteiger partial charge in [-0.3, -0.25) is 4.79 Å². The summed E-state index contributed by atoms with van der Waals surface area (Å²) < 4.78 is 29.3. The first-order valence-corrected chi connectivity index (χ1v) is 9.33. The van der Waals surface area contributed by atoms with Crippen molar-refractivity contribution < 1.29 is 23.8 Å². The van der Waals surface area contributed by atoms with E-state index < -0.39 is 17.6 Å². The van der Waals surface area contributed by atoms with Gasteiger partial charge in [0, 0.05) is 22.8 Å². The van der Waals surface area contributed by atoms with Crippen molar-refractivity contribution in [1.82, 2.24) is 4.57 Å². The summed E-state index contributed by atoms with van der Waals surface area (Å²) in [6, 6.07) is 8.78. The predicted molar refractivity (Wildman–Crippen MR) is 102 cm³/mol. The molecule has 0 unspecified atom stereocenters. The molecular weight excluding hydrogens is 364 g/mol. The average molecular weight is 385 g/mol. The summed E-state index contributed by atoms with van der Waals surface area (Å²) in [6.45, 7) is 4.03. The molecule has 0 bridgehead atoms. The highest BCUT2D eigenvalue weighted by atomic mass is 19.2. The van der Waals surface area contributed by atoms with E-state index in [4.69, 9.17) is 0 Å². The van der Waals surface area contributed by atoms with Crippen LogP contribution in [0.4, 0.5) is 8.78 Å². The number of benzene rings is 2. The lowest BCUT2D eigenvalue weighted by atomic mass is 9.70.